The van der Waals surface area contributed by atoms with Gasteiger partial charge in [0.05, 0.1) is 13.0 Å². The van der Waals surface area contributed by atoms with Crippen molar-refractivity contribution in [1.82, 2.24) is 0 Å². The van der Waals surface area contributed by atoms with Crippen molar-refractivity contribution in [2.75, 3.05) is 7.11 Å². The topological polar surface area (TPSA) is 43.4 Å². The number of Topliss-reactive ketones (excluding diaryl/α,β-unsaturated/α-hetero) is 1. The fourth-order valence-electron chi connectivity index (χ4n) is 2.11. The van der Waals surface area contributed by atoms with Crippen LogP contribution >= 0.6 is 0 Å². The van der Waals surface area contributed by atoms with Crippen LogP contribution in [0.1, 0.15) is 64.7 Å². The lowest BCUT2D eigenvalue weighted by Gasteiger charge is -2.11. The molecule has 0 bridgehead atoms. The van der Waals surface area contributed by atoms with E-state index >= 15 is 0 Å². The molecule has 3 nitrogen and oxygen atoms in total. The monoisotopic (exact) mass is 268 g/mol. The summed E-state index contributed by atoms with van der Waals surface area (Å²) in [5.41, 5.74) is 0. The fraction of sp³-hybridized carbons (Fsp3) is 0.750. The van der Waals surface area contributed by atoms with Crippen molar-refractivity contribution in [2.24, 2.45) is 5.92 Å². The van der Waals surface area contributed by atoms with Gasteiger partial charge in [-0.05, 0) is 12.8 Å². The van der Waals surface area contributed by atoms with E-state index in [9.17, 15) is 9.59 Å². The summed E-state index contributed by atoms with van der Waals surface area (Å²) >= 11 is 0. The molecule has 110 valence electrons. The van der Waals surface area contributed by atoms with Crippen molar-refractivity contribution in [3.8, 4) is 0 Å². The van der Waals surface area contributed by atoms with Crippen molar-refractivity contribution in [2.45, 2.75) is 64.7 Å². The summed E-state index contributed by atoms with van der Waals surface area (Å²) in [6.45, 7) is 5.80. The van der Waals surface area contributed by atoms with Crippen LogP contribution in [0.25, 0.3) is 0 Å². The van der Waals surface area contributed by atoms with E-state index in [1.165, 1.54) is 32.8 Å². The lowest BCUT2D eigenvalue weighted by atomic mass is 9.96. The van der Waals surface area contributed by atoms with Crippen LogP contribution in [0.15, 0.2) is 12.7 Å². The third-order valence-electron chi connectivity index (χ3n) is 3.27. The van der Waals surface area contributed by atoms with E-state index in [-0.39, 0.29) is 24.1 Å². The number of carbonyl (C=O) groups is 2. The molecule has 0 spiro atoms. The van der Waals surface area contributed by atoms with Crippen LogP contribution < -0.4 is 0 Å². The second-order valence-corrected chi connectivity index (χ2v) is 5.01. The first-order valence-electron chi connectivity index (χ1n) is 7.36. The van der Waals surface area contributed by atoms with Gasteiger partial charge < -0.3 is 4.74 Å². The van der Waals surface area contributed by atoms with Crippen molar-refractivity contribution in [3.63, 3.8) is 0 Å². The molecule has 0 aromatic heterocycles. The number of rotatable bonds is 12. The minimum Gasteiger partial charge on any atom is -0.469 e. The van der Waals surface area contributed by atoms with Gasteiger partial charge in [0.15, 0.2) is 0 Å². The lowest BCUT2D eigenvalue weighted by Crippen LogP contribution is -2.19. The zero-order valence-electron chi connectivity index (χ0n) is 12.5. The third-order valence-corrected chi connectivity index (χ3v) is 3.27. The fourth-order valence-corrected chi connectivity index (χ4v) is 2.11. The second kappa shape index (κ2) is 11.9. The smallest absolute Gasteiger partial charge is 0.309 e. The molecular formula is C16H28O3. The summed E-state index contributed by atoms with van der Waals surface area (Å²) in [5.74, 6) is -0.501. The number of hydrogen-bond acceptors (Lipinski definition) is 3. The Morgan fingerprint density at radius 3 is 2.37 bits per heavy atom. The molecule has 0 aliphatic heterocycles. The van der Waals surface area contributed by atoms with E-state index in [0.717, 1.165) is 12.8 Å². The summed E-state index contributed by atoms with van der Waals surface area (Å²) in [5, 5.41) is 0. The molecule has 1 atom stereocenters. The summed E-state index contributed by atoms with van der Waals surface area (Å²) in [6, 6.07) is 0. The van der Waals surface area contributed by atoms with Crippen LogP contribution in [0.2, 0.25) is 0 Å². The van der Waals surface area contributed by atoms with E-state index in [0.29, 0.717) is 12.8 Å². The second-order valence-electron chi connectivity index (χ2n) is 5.01. The zero-order valence-corrected chi connectivity index (χ0v) is 12.5. The van der Waals surface area contributed by atoms with Gasteiger partial charge in [0, 0.05) is 12.8 Å². The number of allylic oxidation sites excluding steroid dienone is 1. The summed E-state index contributed by atoms with van der Waals surface area (Å²) < 4.78 is 4.70. The van der Waals surface area contributed by atoms with Crippen molar-refractivity contribution >= 4 is 11.8 Å². The first-order valence-corrected chi connectivity index (χ1v) is 7.36. The average molecular weight is 268 g/mol. The maximum atomic E-state index is 11.8. The van der Waals surface area contributed by atoms with Crippen molar-refractivity contribution in [1.29, 1.82) is 0 Å². The van der Waals surface area contributed by atoms with Crippen LogP contribution in [-0.4, -0.2) is 18.9 Å². The maximum absolute atomic E-state index is 11.8. The quantitative estimate of drug-likeness (QED) is 0.304. The molecule has 0 amide bonds. The Hall–Kier alpha value is -1.12. The van der Waals surface area contributed by atoms with Gasteiger partial charge in [-0.2, -0.15) is 0 Å². The number of hydrogen-bond donors (Lipinski definition) is 0. The minimum absolute atomic E-state index is 0.160. The summed E-state index contributed by atoms with van der Waals surface area (Å²) in [4.78, 5) is 23.3. The maximum Gasteiger partial charge on any atom is 0.309 e. The largest absolute Gasteiger partial charge is 0.469 e. The van der Waals surface area contributed by atoms with Crippen molar-refractivity contribution < 1.29 is 14.3 Å². The standard InChI is InChI=1S/C16H28O3/c1-4-6-7-8-9-10-12-15(17)13-14(11-5-2)16(18)19-3/h5,14H,2,4,6-13H2,1,3H3. The van der Waals surface area contributed by atoms with Crippen LogP contribution in [-0.2, 0) is 14.3 Å². The highest BCUT2D eigenvalue weighted by molar-refractivity contribution is 5.84. The predicted octanol–water partition coefficient (Wildman–Crippen LogP) is 4.06. The van der Waals surface area contributed by atoms with Gasteiger partial charge in [0.25, 0.3) is 0 Å². The van der Waals surface area contributed by atoms with E-state index in [4.69, 9.17) is 4.74 Å². The number of unbranched alkanes of at least 4 members (excludes halogenated alkanes) is 5. The molecule has 0 aromatic rings. The first kappa shape index (κ1) is 17.9. The van der Waals surface area contributed by atoms with E-state index in [1.54, 1.807) is 6.08 Å². The molecule has 19 heavy (non-hydrogen) atoms. The number of ketones is 1. The Morgan fingerprint density at radius 1 is 1.16 bits per heavy atom. The first-order chi connectivity index (χ1) is 9.15. The molecule has 0 radical (unpaired) electrons. The molecule has 0 heterocycles. The lowest BCUT2D eigenvalue weighted by molar-refractivity contribution is -0.147. The Balaban J connectivity index is 3.80. The number of ether oxygens (including phenoxy) is 1. The van der Waals surface area contributed by atoms with Gasteiger partial charge in [-0.3, -0.25) is 9.59 Å². The van der Waals surface area contributed by atoms with Gasteiger partial charge in [-0.1, -0.05) is 45.1 Å². The highest BCUT2D eigenvalue weighted by Gasteiger charge is 2.20. The SMILES string of the molecule is C=CCC(CC(=O)CCCCCCCC)C(=O)OC. The predicted molar refractivity (Wildman–Crippen MR) is 77.9 cm³/mol. The van der Waals surface area contributed by atoms with Gasteiger partial charge in [-0.15, -0.1) is 6.58 Å². The molecular weight excluding hydrogens is 240 g/mol. The van der Waals surface area contributed by atoms with Crippen molar-refractivity contribution in [3.05, 3.63) is 12.7 Å². The van der Waals surface area contributed by atoms with E-state index < -0.39 is 0 Å². The molecule has 0 N–H and O–H groups in total. The normalized spacial score (nSPS) is 11.9. The molecule has 0 aliphatic carbocycles. The highest BCUT2D eigenvalue weighted by atomic mass is 16.5. The summed E-state index contributed by atoms with van der Waals surface area (Å²) in [7, 11) is 1.36. The summed E-state index contributed by atoms with van der Waals surface area (Å²) in [6.07, 6.45) is 10.1. The number of carbonyl (C=O) groups excluding carboxylic acids is 2. The molecule has 0 aliphatic rings. The van der Waals surface area contributed by atoms with Gasteiger partial charge in [0.2, 0.25) is 0 Å². The van der Waals surface area contributed by atoms with Crippen LogP contribution in [0.3, 0.4) is 0 Å². The van der Waals surface area contributed by atoms with E-state index in [2.05, 4.69) is 13.5 Å². The van der Waals surface area contributed by atoms with Crippen LogP contribution in [0, 0.1) is 5.92 Å². The molecule has 0 saturated heterocycles. The molecule has 0 aromatic carbocycles. The zero-order chi connectivity index (χ0) is 14.5. The van der Waals surface area contributed by atoms with Crippen LogP contribution in [0.5, 0.6) is 0 Å². The molecule has 0 rings (SSSR count). The Morgan fingerprint density at radius 2 is 1.79 bits per heavy atom. The minimum atomic E-state index is -0.352. The Kier molecular flexibility index (Phi) is 11.2. The van der Waals surface area contributed by atoms with E-state index in [1.807, 2.05) is 0 Å². The van der Waals surface area contributed by atoms with Gasteiger partial charge >= 0.3 is 5.97 Å². The van der Waals surface area contributed by atoms with Gasteiger partial charge in [0.1, 0.15) is 5.78 Å². The molecule has 0 fully saturated rings. The molecule has 1 unspecified atom stereocenters. The number of methoxy groups -OCH3 is 1. The molecule has 3 heteroatoms. The number of esters is 1. The Labute approximate surface area is 117 Å². The highest BCUT2D eigenvalue weighted by Crippen LogP contribution is 2.15. The average Bonchev–Trinajstić information content (AvgIpc) is 2.41. The Bertz CT molecular complexity index is 271. The van der Waals surface area contributed by atoms with Gasteiger partial charge in [-0.25, -0.2) is 0 Å². The van der Waals surface area contributed by atoms with Crippen LogP contribution in [0.4, 0.5) is 0 Å². The molecule has 0 saturated carbocycles. The third kappa shape index (κ3) is 9.46.